The molecule has 0 saturated heterocycles. The van der Waals surface area contributed by atoms with Crippen molar-refractivity contribution in [2.24, 2.45) is 0 Å². The van der Waals surface area contributed by atoms with Gasteiger partial charge < -0.3 is 4.90 Å². The number of aromatic nitrogens is 4. The fraction of sp³-hybridized carbons (Fsp3) is 0.259. The minimum atomic E-state index is -0.378. The number of hydrogen-bond acceptors (Lipinski definition) is 4. The van der Waals surface area contributed by atoms with Gasteiger partial charge in [-0.1, -0.05) is 24.6 Å². The first-order chi connectivity index (χ1) is 16.9. The van der Waals surface area contributed by atoms with Crippen LogP contribution in [0.15, 0.2) is 71.5 Å². The van der Waals surface area contributed by atoms with Crippen LogP contribution in [0.3, 0.4) is 0 Å². The average Bonchev–Trinajstić information content (AvgIpc) is 3.33. The van der Waals surface area contributed by atoms with Gasteiger partial charge in [-0.3, -0.25) is 14.7 Å². The fourth-order valence-corrected chi connectivity index (χ4v) is 3.91. The largest absolute Gasteiger partial charge is 0.340 e. The Bertz CT molecular complexity index is 1350. The number of aryl methyl sites for hydroxylation is 2. The van der Waals surface area contributed by atoms with Crippen LogP contribution in [0.5, 0.6) is 0 Å². The molecular weight excluding hydrogens is 445 g/mol. The minimum absolute atomic E-state index is 0.0762. The lowest BCUT2D eigenvalue weighted by Crippen LogP contribution is -2.34. The van der Waals surface area contributed by atoms with Gasteiger partial charge >= 0.3 is 0 Å². The number of unbranched alkanes of at least 4 members (excludes halogenated alkanes) is 2. The van der Waals surface area contributed by atoms with E-state index < -0.39 is 0 Å². The molecule has 1 N–H and O–H groups in total. The Kier molecular flexibility index (Phi) is 7.50. The molecule has 4 rings (SSSR count). The number of nitrogens with one attached hydrogen (secondary N) is 1. The molecule has 2 aromatic carbocycles. The van der Waals surface area contributed by atoms with Crippen LogP contribution in [-0.4, -0.2) is 44.4 Å². The summed E-state index contributed by atoms with van der Waals surface area (Å²) in [6.45, 7) is 2.32. The minimum Gasteiger partial charge on any atom is -0.340 e. The zero-order valence-electron chi connectivity index (χ0n) is 19.9. The molecule has 2 aromatic heterocycles. The van der Waals surface area contributed by atoms with E-state index in [0.29, 0.717) is 12.2 Å². The third kappa shape index (κ3) is 5.90. The predicted octanol–water partition coefficient (Wildman–Crippen LogP) is 4.56. The SMILES string of the molecule is Cc1cc(=O)c(C(=O)N(C)CCCCCc2cc(-c3ccc(F)cc3)n[nH]2)nn1-c1ccccc1. The standard InChI is InChI=1S/C27H28FN5O2/c1-19-17-25(34)26(31-33(19)23-10-6-3-7-11-23)27(35)32(2)16-8-4-5-9-22-18-24(30-29-22)20-12-14-21(28)15-13-20/h3,6-7,10-15,17-18H,4-5,8-9,16H2,1-2H3,(H,29,30). The molecule has 0 fully saturated rings. The Morgan fingerprint density at radius 1 is 1.03 bits per heavy atom. The molecule has 0 aliphatic rings. The van der Waals surface area contributed by atoms with Gasteiger partial charge in [-0.2, -0.15) is 10.2 Å². The molecule has 0 aliphatic heterocycles. The molecule has 2 heterocycles. The van der Waals surface area contributed by atoms with Crippen molar-refractivity contribution in [1.29, 1.82) is 0 Å². The maximum atomic E-state index is 13.1. The fourth-order valence-electron chi connectivity index (χ4n) is 3.91. The van der Waals surface area contributed by atoms with E-state index in [1.54, 1.807) is 35.7 Å². The molecule has 0 aliphatic carbocycles. The van der Waals surface area contributed by atoms with Gasteiger partial charge in [0.2, 0.25) is 5.43 Å². The summed E-state index contributed by atoms with van der Waals surface area (Å²) in [6.07, 6.45) is 3.47. The smallest absolute Gasteiger partial charge is 0.278 e. The van der Waals surface area contributed by atoms with Crippen molar-refractivity contribution in [3.63, 3.8) is 0 Å². The maximum absolute atomic E-state index is 13.1. The molecule has 0 bridgehead atoms. The van der Waals surface area contributed by atoms with E-state index in [4.69, 9.17) is 0 Å². The summed E-state index contributed by atoms with van der Waals surface area (Å²) >= 11 is 0. The number of benzene rings is 2. The zero-order valence-corrected chi connectivity index (χ0v) is 19.9. The molecule has 7 nitrogen and oxygen atoms in total. The highest BCUT2D eigenvalue weighted by molar-refractivity contribution is 5.91. The van der Waals surface area contributed by atoms with Crippen LogP contribution >= 0.6 is 0 Å². The van der Waals surface area contributed by atoms with Crippen LogP contribution in [0.2, 0.25) is 0 Å². The molecule has 4 aromatic rings. The Balaban J connectivity index is 1.29. The van der Waals surface area contributed by atoms with Crippen molar-refractivity contribution in [3.05, 3.63) is 99.9 Å². The monoisotopic (exact) mass is 473 g/mol. The van der Waals surface area contributed by atoms with Crippen LogP contribution in [0.4, 0.5) is 4.39 Å². The van der Waals surface area contributed by atoms with Crippen molar-refractivity contribution in [2.45, 2.75) is 32.6 Å². The zero-order chi connectivity index (χ0) is 24.8. The van der Waals surface area contributed by atoms with Gasteiger partial charge in [-0.15, -0.1) is 0 Å². The summed E-state index contributed by atoms with van der Waals surface area (Å²) in [5.41, 5.74) is 3.68. The highest BCUT2D eigenvalue weighted by Gasteiger charge is 2.19. The van der Waals surface area contributed by atoms with Crippen LogP contribution in [0.25, 0.3) is 16.9 Å². The number of para-hydroxylation sites is 1. The molecule has 0 unspecified atom stereocenters. The molecule has 35 heavy (non-hydrogen) atoms. The second-order valence-electron chi connectivity index (χ2n) is 8.57. The van der Waals surface area contributed by atoms with E-state index in [1.807, 2.05) is 36.4 Å². The topological polar surface area (TPSA) is 83.9 Å². The Labute approximate surface area is 203 Å². The van der Waals surface area contributed by atoms with Gasteiger partial charge in [0, 0.05) is 36.6 Å². The summed E-state index contributed by atoms with van der Waals surface area (Å²) < 4.78 is 14.7. The Morgan fingerprint density at radius 2 is 1.77 bits per heavy atom. The molecule has 0 radical (unpaired) electrons. The first-order valence-corrected chi connectivity index (χ1v) is 11.6. The summed E-state index contributed by atoms with van der Waals surface area (Å²) in [4.78, 5) is 26.9. The van der Waals surface area contributed by atoms with Gasteiger partial charge in [0.1, 0.15) is 5.82 Å². The second-order valence-corrected chi connectivity index (χ2v) is 8.57. The Morgan fingerprint density at radius 3 is 2.51 bits per heavy atom. The van der Waals surface area contributed by atoms with Crippen molar-refractivity contribution < 1.29 is 9.18 Å². The van der Waals surface area contributed by atoms with E-state index in [-0.39, 0.29) is 22.8 Å². The lowest BCUT2D eigenvalue weighted by atomic mass is 10.1. The van der Waals surface area contributed by atoms with Crippen molar-refractivity contribution in [1.82, 2.24) is 24.9 Å². The summed E-state index contributed by atoms with van der Waals surface area (Å²) in [5, 5.41) is 11.7. The number of aromatic amines is 1. The first-order valence-electron chi connectivity index (χ1n) is 11.6. The summed E-state index contributed by atoms with van der Waals surface area (Å²) in [6, 6.07) is 19.1. The van der Waals surface area contributed by atoms with Crippen LogP contribution < -0.4 is 5.43 Å². The second kappa shape index (κ2) is 10.9. The van der Waals surface area contributed by atoms with E-state index >= 15 is 0 Å². The van der Waals surface area contributed by atoms with E-state index in [9.17, 15) is 14.0 Å². The molecule has 180 valence electrons. The molecule has 1 amide bonds. The number of carbonyl (C=O) groups excluding carboxylic acids is 1. The molecule has 8 heteroatoms. The van der Waals surface area contributed by atoms with E-state index in [2.05, 4.69) is 15.3 Å². The Hall–Kier alpha value is -4.07. The number of hydrogen-bond donors (Lipinski definition) is 1. The number of amides is 1. The van der Waals surface area contributed by atoms with Gasteiger partial charge in [-0.25, -0.2) is 9.07 Å². The quantitative estimate of drug-likeness (QED) is 0.361. The number of nitrogens with zero attached hydrogens (tertiary/aromatic N) is 4. The number of rotatable bonds is 9. The number of carbonyl (C=O) groups is 1. The molecule has 0 spiro atoms. The van der Waals surface area contributed by atoms with Crippen molar-refractivity contribution in [3.8, 4) is 16.9 Å². The third-order valence-corrected chi connectivity index (χ3v) is 5.87. The molecular formula is C27H28FN5O2. The lowest BCUT2D eigenvalue weighted by molar-refractivity contribution is 0.0783. The van der Waals surface area contributed by atoms with Crippen LogP contribution in [0.1, 0.15) is 41.1 Å². The number of H-pyrrole nitrogens is 1. The van der Waals surface area contributed by atoms with Gasteiger partial charge in [0.05, 0.1) is 11.4 Å². The van der Waals surface area contributed by atoms with Crippen LogP contribution in [0, 0.1) is 12.7 Å². The molecule has 0 atom stereocenters. The van der Waals surface area contributed by atoms with Crippen LogP contribution in [-0.2, 0) is 6.42 Å². The summed E-state index contributed by atoms with van der Waals surface area (Å²) in [5.74, 6) is -0.648. The normalized spacial score (nSPS) is 10.9. The number of halogens is 1. The van der Waals surface area contributed by atoms with Gasteiger partial charge in [-0.05, 0) is 68.7 Å². The van der Waals surface area contributed by atoms with Crippen molar-refractivity contribution in [2.75, 3.05) is 13.6 Å². The average molecular weight is 474 g/mol. The van der Waals surface area contributed by atoms with Gasteiger partial charge in [0.15, 0.2) is 5.69 Å². The van der Waals surface area contributed by atoms with E-state index in [1.165, 1.54) is 18.2 Å². The lowest BCUT2D eigenvalue weighted by Gasteiger charge is -2.17. The first kappa shape index (κ1) is 24.1. The highest BCUT2D eigenvalue weighted by atomic mass is 19.1. The predicted molar refractivity (Wildman–Crippen MR) is 133 cm³/mol. The summed E-state index contributed by atoms with van der Waals surface area (Å²) in [7, 11) is 1.69. The highest BCUT2D eigenvalue weighted by Crippen LogP contribution is 2.19. The van der Waals surface area contributed by atoms with Crippen molar-refractivity contribution >= 4 is 5.91 Å². The molecule has 0 saturated carbocycles. The van der Waals surface area contributed by atoms with E-state index in [0.717, 1.165) is 48.3 Å². The maximum Gasteiger partial charge on any atom is 0.278 e. The van der Waals surface area contributed by atoms with Gasteiger partial charge in [0.25, 0.3) is 5.91 Å². The third-order valence-electron chi connectivity index (χ3n) is 5.87.